The van der Waals surface area contributed by atoms with E-state index in [2.05, 4.69) is 27.7 Å². The lowest BCUT2D eigenvalue weighted by Gasteiger charge is -2.41. The van der Waals surface area contributed by atoms with Crippen LogP contribution in [-0.2, 0) is 28.5 Å². The van der Waals surface area contributed by atoms with Crippen molar-refractivity contribution in [2.75, 3.05) is 33.0 Å². The number of unbranched alkanes of at least 4 members (excludes halogenated alkanes) is 4. The van der Waals surface area contributed by atoms with E-state index in [9.17, 15) is 4.79 Å². The molecule has 1 saturated heterocycles. The van der Waals surface area contributed by atoms with Gasteiger partial charge in [-0.2, -0.15) is 0 Å². The van der Waals surface area contributed by atoms with E-state index in [1.165, 1.54) is 0 Å². The topological polar surface area (TPSA) is 63.2 Å². The molecule has 1 heterocycles. The highest BCUT2D eigenvalue weighted by atomic mass is 16.6. The van der Waals surface area contributed by atoms with Crippen LogP contribution in [0, 0.1) is 0 Å². The number of hydrogen-bond donors (Lipinski definition) is 0. The van der Waals surface area contributed by atoms with Gasteiger partial charge in [0, 0.05) is 26.4 Å². The van der Waals surface area contributed by atoms with Gasteiger partial charge in [-0.3, -0.25) is 0 Å². The maximum Gasteiger partial charge on any atom is 0.338 e. The molecule has 0 aliphatic carbocycles. The van der Waals surface area contributed by atoms with Crippen LogP contribution >= 0.6 is 0 Å². The lowest BCUT2D eigenvalue weighted by molar-refractivity contribution is -0.233. The van der Waals surface area contributed by atoms with E-state index in [1.54, 1.807) is 0 Å². The second kappa shape index (κ2) is 16.1. The molecule has 6 nitrogen and oxygen atoms in total. The Morgan fingerprint density at radius 2 is 1.21 bits per heavy atom. The van der Waals surface area contributed by atoms with E-state index in [4.69, 9.17) is 23.7 Å². The van der Waals surface area contributed by atoms with Gasteiger partial charge in [-0.25, -0.2) is 4.79 Å². The van der Waals surface area contributed by atoms with Gasteiger partial charge < -0.3 is 23.7 Å². The Hall–Kier alpha value is -0.690. The number of rotatable bonds is 17. The van der Waals surface area contributed by atoms with Crippen LogP contribution < -0.4 is 0 Å². The quantitative estimate of drug-likeness (QED) is 0.267. The second-order valence-electron chi connectivity index (χ2n) is 7.43. The highest BCUT2D eigenvalue weighted by Crippen LogP contribution is 2.26. The summed E-state index contributed by atoms with van der Waals surface area (Å²) in [5.41, 5.74) is 0. The van der Waals surface area contributed by atoms with Crippen molar-refractivity contribution >= 4 is 5.97 Å². The second-order valence-corrected chi connectivity index (χ2v) is 7.43. The molecule has 0 saturated carbocycles. The minimum absolute atomic E-state index is 0.331. The first-order valence-electron chi connectivity index (χ1n) is 11.3. The van der Waals surface area contributed by atoms with E-state index in [1.807, 2.05) is 0 Å². The summed E-state index contributed by atoms with van der Waals surface area (Å²) in [5, 5.41) is 0. The number of esters is 1. The molecule has 0 amide bonds. The van der Waals surface area contributed by atoms with Gasteiger partial charge in [0.15, 0.2) is 12.2 Å². The van der Waals surface area contributed by atoms with Gasteiger partial charge in [0.05, 0.1) is 6.61 Å². The van der Waals surface area contributed by atoms with Gasteiger partial charge in [0.1, 0.15) is 12.2 Å². The van der Waals surface area contributed by atoms with Gasteiger partial charge in [-0.1, -0.05) is 53.4 Å². The van der Waals surface area contributed by atoms with E-state index in [0.29, 0.717) is 33.0 Å². The zero-order chi connectivity index (χ0) is 20.6. The molecule has 0 aromatic heterocycles. The van der Waals surface area contributed by atoms with Crippen LogP contribution in [0.4, 0.5) is 0 Å². The third-order valence-electron chi connectivity index (χ3n) is 4.82. The summed E-state index contributed by atoms with van der Waals surface area (Å²) < 4.78 is 29.6. The smallest absolute Gasteiger partial charge is 0.338 e. The molecule has 6 heteroatoms. The molecular weight excluding hydrogens is 360 g/mol. The molecule has 0 radical (unpaired) electrons. The first-order valence-corrected chi connectivity index (χ1v) is 11.3. The zero-order valence-electron chi connectivity index (χ0n) is 18.5. The molecule has 0 aromatic carbocycles. The van der Waals surface area contributed by atoms with Gasteiger partial charge in [0.25, 0.3) is 0 Å². The predicted molar refractivity (Wildman–Crippen MR) is 110 cm³/mol. The molecule has 166 valence electrons. The summed E-state index contributed by atoms with van der Waals surface area (Å²) >= 11 is 0. The van der Waals surface area contributed by atoms with Crippen LogP contribution in [0.25, 0.3) is 0 Å². The maximum absolute atomic E-state index is 12.7. The van der Waals surface area contributed by atoms with Crippen molar-refractivity contribution in [1.29, 1.82) is 0 Å². The van der Waals surface area contributed by atoms with Crippen LogP contribution in [0.2, 0.25) is 0 Å². The molecule has 0 bridgehead atoms. The summed E-state index contributed by atoms with van der Waals surface area (Å²) in [7, 11) is 0. The Morgan fingerprint density at radius 1 is 0.714 bits per heavy atom. The maximum atomic E-state index is 12.7. The van der Waals surface area contributed by atoms with Crippen molar-refractivity contribution in [1.82, 2.24) is 0 Å². The van der Waals surface area contributed by atoms with Crippen LogP contribution in [0.5, 0.6) is 0 Å². The van der Waals surface area contributed by atoms with Crippen LogP contribution in [-0.4, -0.2) is 63.4 Å². The number of ether oxygens (including phenoxy) is 5. The highest BCUT2D eigenvalue weighted by Gasteiger charge is 2.48. The first kappa shape index (κ1) is 25.3. The average molecular weight is 403 g/mol. The molecule has 1 aliphatic heterocycles. The minimum Gasteiger partial charge on any atom is -0.455 e. The van der Waals surface area contributed by atoms with Crippen molar-refractivity contribution in [3.05, 3.63) is 0 Å². The van der Waals surface area contributed by atoms with Crippen molar-refractivity contribution in [3.8, 4) is 0 Å². The largest absolute Gasteiger partial charge is 0.455 e. The molecule has 0 aromatic rings. The van der Waals surface area contributed by atoms with Crippen molar-refractivity contribution < 1.29 is 28.5 Å². The lowest BCUT2D eigenvalue weighted by atomic mass is 9.98. The molecule has 0 N–H and O–H groups in total. The van der Waals surface area contributed by atoms with Crippen LogP contribution in [0.1, 0.15) is 79.1 Å². The van der Waals surface area contributed by atoms with E-state index in [-0.39, 0.29) is 12.1 Å². The van der Waals surface area contributed by atoms with Crippen LogP contribution in [0.15, 0.2) is 0 Å². The third-order valence-corrected chi connectivity index (χ3v) is 4.82. The molecule has 1 unspecified atom stereocenters. The molecule has 1 aliphatic rings. The minimum atomic E-state index is -0.734. The molecule has 0 spiro atoms. The lowest BCUT2D eigenvalue weighted by Crippen LogP contribution is -2.60. The van der Waals surface area contributed by atoms with Gasteiger partial charge in [-0.15, -0.1) is 0 Å². The van der Waals surface area contributed by atoms with E-state index >= 15 is 0 Å². The third kappa shape index (κ3) is 9.21. The fourth-order valence-electron chi connectivity index (χ4n) is 3.01. The molecule has 4 atom stereocenters. The number of cyclic esters (lactones) is 1. The van der Waals surface area contributed by atoms with Crippen molar-refractivity contribution in [3.63, 3.8) is 0 Å². The van der Waals surface area contributed by atoms with Gasteiger partial charge >= 0.3 is 5.97 Å². The zero-order valence-corrected chi connectivity index (χ0v) is 18.5. The normalized spacial score (nSPS) is 25.1. The average Bonchev–Trinajstić information content (AvgIpc) is 2.69. The predicted octanol–water partition coefficient (Wildman–Crippen LogP) is 4.28. The van der Waals surface area contributed by atoms with Crippen molar-refractivity contribution in [2.45, 2.75) is 103 Å². The molecule has 1 fully saturated rings. The Kier molecular flexibility index (Phi) is 14.6. The number of carbonyl (C=O) groups excluding carboxylic acids is 1. The Bertz CT molecular complexity index is 389. The van der Waals surface area contributed by atoms with Gasteiger partial charge in [0.2, 0.25) is 0 Å². The molecule has 28 heavy (non-hydrogen) atoms. The summed E-state index contributed by atoms with van der Waals surface area (Å²) in [6.07, 6.45) is 5.91. The van der Waals surface area contributed by atoms with Crippen LogP contribution in [0.3, 0.4) is 0 Å². The molecule has 1 rings (SSSR count). The van der Waals surface area contributed by atoms with Gasteiger partial charge in [-0.05, 0) is 25.7 Å². The SMILES string of the molecule is CCCCOCC1OC(=O)[C@H](OCCCC)[C@@H](OCCCC)[C@@H]1OCCCC. The summed E-state index contributed by atoms with van der Waals surface area (Å²) in [6, 6.07) is 0. The summed E-state index contributed by atoms with van der Waals surface area (Å²) in [5.74, 6) is -0.364. The fourth-order valence-corrected chi connectivity index (χ4v) is 3.01. The first-order chi connectivity index (χ1) is 13.7. The molecular formula is C22H42O6. The summed E-state index contributed by atoms with van der Waals surface area (Å²) in [6.45, 7) is 11.2. The van der Waals surface area contributed by atoms with Crippen molar-refractivity contribution in [2.24, 2.45) is 0 Å². The fraction of sp³-hybridized carbons (Fsp3) is 0.955. The Balaban J connectivity index is 2.86. The number of hydrogen-bond acceptors (Lipinski definition) is 6. The van der Waals surface area contributed by atoms with E-state index < -0.39 is 18.3 Å². The highest BCUT2D eigenvalue weighted by molar-refractivity contribution is 5.77. The Labute approximate surface area is 171 Å². The monoisotopic (exact) mass is 402 g/mol. The Morgan fingerprint density at radius 3 is 1.79 bits per heavy atom. The standard InChI is InChI=1S/C22H42O6/c1-5-9-13-24-17-18-19(25-14-10-6-2)20(26-15-11-7-3)21(22(23)28-18)27-16-12-8-4/h18-21H,5-17H2,1-4H3/t18?,19-,20+,21-/m1/s1. The number of carbonyl (C=O) groups is 1. The summed E-state index contributed by atoms with van der Waals surface area (Å²) in [4.78, 5) is 12.7. The van der Waals surface area contributed by atoms with E-state index in [0.717, 1.165) is 51.4 Å².